The number of benzene rings is 2. The summed E-state index contributed by atoms with van der Waals surface area (Å²) in [7, 11) is 0. The van der Waals surface area contributed by atoms with E-state index in [2.05, 4.69) is 31.7 Å². The number of nitrogens with one attached hydrogen (secondary N) is 2. The number of fused-ring (bicyclic) bond motifs is 1. The predicted octanol–water partition coefficient (Wildman–Crippen LogP) is 4.64. The molecule has 0 aliphatic heterocycles. The van der Waals surface area contributed by atoms with Crippen molar-refractivity contribution >= 4 is 34.0 Å². The molecule has 6 heteroatoms. The highest BCUT2D eigenvalue weighted by atomic mass is 16.1. The van der Waals surface area contributed by atoms with Gasteiger partial charge in [-0.2, -0.15) is 0 Å². The summed E-state index contributed by atoms with van der Waals surface area (Å²) in [5.41, 5.74) is 4.89. The Morgan fingerprint density at radius 3 is 2.61 bits per heavy atom. The Balaban J connectivity index is 1.57. The number of anilines is 3. The molecule has 0 atom stereocenters. The van der Waals surface area contributed by atoms with Crippen molar-refractivity contribution in [3.05, 3.63) is 83.9 Å². The molecule has 138 valence electrons. The standard InChI is InChI=1S/C22H19N5O/c1-14-8-9-17(15(2)11-14)26-20-12-19(24-13-25-20)22(28)27-18-7-3-5-16-6-4-10-23-21(16)18/h3-13H,1-2H3,(H,27,28)(H,24,25,26). The molecule has 6 nitrogen and oxygen atoms in total. The average Bonchev–Trinajstić information content (AvgIpc) is 2.71. The maximum atomic E-state index is 12.7. The molecule has 0 saturated carbocycles. The monoisotopic (exact) mass is 369 g/mol. The van der Waals surface area contributed by atoms with Gasteiger partial charge >= 0.3 is 0 Å². The highest BCUT2D eigenvalue weighted by Gasteiger charge is 2.12. The van der Waals surface area contributed by atoms with E-state index in [4.69, 9.17) is 0 Å². The summed E-state index contributed by atoms with van der Waals surface area (Å²) in [6.45, 7) is 4.07. The zero-order chi connectivity index (χ0) is 19.5. The summed E-state index contributed by atoms with van der Waals surface area (Å²) in [5.74, 6) is 0.243. The minimum Gasteiger partial charge on any atom is -0.340 e. The van der Waals surface area contributed by atoms with Crippen molar-refractivity contribution in [3.8, 4) is 0 Å². The van der Waals surface area contributed by atoms with E-state index in [9.17, 15) is 4.79 Å². The number of hydrogen-bond acceptors (Lipinski definition) is 5. The Bertz CT molecular complexity index is 1170. The first kappa shape index (κ1) is 17.6. The van der Waals surface area contributed by atoms with Gasteiger partial charge in [-0.25, -0.2) is 9.97 Å². The van der Waals surface area contributed by atoms with Crippen LogP contribution < -0.4 is 10.6 Å². The second-order valence-corrected chi connectivity index (χ2v) is 6.57. The second-order valence-electron chi connectivity index (χ2n) is 6.57. The van der Waals surface area contributed by atoms with E-state index < -0.39 is 0 Å². The fraction of sp³-hybridized carbons (Fsp3) is 0.0909. The van der Waals surface area contributed by atoms with Crippen LogP contribution in [-0.4, -0.2) is 20.9 Å². The number of pyridine rings is 1. The topological polar surface area (TPSA) is 79.8 Å². The van der Waals surface area contributed by atoms with Gasteiger partial charge < -0.3 is 10.6 Å². The zero-order valence-electron chi connectivity index (χ0n) is 15.6. The van der Waals surface area contributed by atoms with E-state index in [1.54, 1.807) is 12.3 Å². The molecule has 2 heterocycles. The number of hydrogen-bond donors (Lipinski definition) is 2. The summed E-state index contributed by atoms with van der Waals surface area (Å²) in [4.78, 5) is 25.4. The van der Waals surface area contributed by atoms with Crippen LogP contribution in [0.15, 0.2) is 67.1 Å². The SMILES string of the molecule is Cc1ccc(Nc2cc(C(=O)Nc3cccc4cccnc34)ncn2)c(C)c1. The Hall–Kier alpha value is -3.80. The maximum Gasteiger partial charge on any atom is 0.274 e. The number of carbonyl (C=O) groups excluding carboxylic acids is 1. The second kappa shape index (κ2) is 7.44. The molecule has 0 radical (unpaired) electrons. The highest BCUT2D eigenvalue weighted by molar-refractivity contribution is 6.07. The number of amides is 1. The van der Waals surface area contributed by atoms with Gasteiger partial charge in [-0.1, -0.05) is 35.9 Å². The first-order valence-corrected chi connectivity index (χ1v) is 8.91. The molecule has 0 aliphatic rings. The van der Waals surface area contributed by atoms with E-state index >= 15 is 0 Å². The molecular formula is C22H19N5O. The number of aryl methyl sites for hydroxylation is 2. The molecular weight excluding hydrogens is 350 g/mol. The third kappa shape index (κ3) is 3.66. The van der Waals surface area contributed by atoms with Crippen LogP contribution in [-0.2, 0) is 0 Å². The van der Waals surface area contributed by atoms with Crippen molar-refractivity contribution in [2.75, 3.05) is 10.6 Å². The van der Waals surface area contributed by atoms with Crippen molar-refractivity contribution in [3.63, 3.8) is 0 Å². The fourth-order valence-corrected chi connectivity index (χ4v) is 3.03. The molecule has 0 saturated heterocycles. The van der Waals surface area contributed by atoms with Crippen molar-refractivity contribution < 1.29 is 4.79 Å². The Morgan fingerprint density at radius 2 is 1.75 bits per heavy atom. The van der Waals surface area contributed by atoms with E-state index in [0.29, 0.717) is 11.5 Å². The first-order chi connectivity index (χ1) is 13.6. The molecule has 0 aliphatic carbocycles. The molecule has 2 aromatic heterocycles. The van der Waals surface area contributed by atoms with Crippen molar-refractivity contribution in [2.24, 2.45) is 0 Å². The van der Waals surface area contributed by atoms with Gasteiger partial charge in [0.25, 0.3) is 5.91 Å². The van der Waals surface area contributed by atoms with E-state index in [1.807, 2.05) is 56.3 Å². The lowest BCUT2D eigenvalue weighted by molar-refractivity contribution is 0.102. The molecule has 2 aromatic carbocycles. The third-order valence-corrected chi connectivity index (χ3v) is 4.43. The number of rotatable bonds is 4. The van der Waals surface area contributed by atoms with Crippen LogP contribution in [0, 0.1) is 13.8 Å². The molecule has 0 spiro atoms. The summed E-state index contributed by atoms with van der Waals surface area (Å²) in [5, 5.41) is 7.09. The lowest BCUT2D eigenvalue weighted by atomic mass is 10.1. The number of aromatic nitrogens is 3. The van der Waals surface area contributed by atoms with Crippen molar-refractivity contribution in [1.29, 1.82) is 0 Å². The molecule has 1 amide bonds. The van der Waals surface area contributed by atoms with Gasteiger partial charge in [0.1, 0.15) is 17.8 Å². The average molecular weight is 369 g/mol. The van der Waals surface area contributed by atoms with Crippen LogP contribution in [0.4, 0.5) is 17.2 Å². The van der Waals surface area contributed by atoms with E-state index in [0.717, 1.165) is 22.2 Å². The molecule has 4 aromatic rings. The van der Waals surface area contributed by atoms with E-state index in [1.165, 1.54) is 11.9 Å². The van der Waals surface area contributed by atoms with Crippen molar-refractivity contribution in [2.45, 2.75) is 13.8 Å². The normalized spacial score (nSPS) is 10.6. The number of carbonyl (C=O) groups is 1. The smallest absolute Gasteiger partial charge is 0.274 e. The van der Waals surface area contributed by atoms with Crippen LogP contribution in [0.25, 0.3) is 10.9 Å². The van der Waals surface area contributed by atoms with Crippen LogP contribution in [0.1, 0.15) is 21.6 Å². The fourth-order valence-electron chi connectivity index (χ4n) is 3.03. The summed E-state index contributed by atoms with van der Waals surface area (Å²) >= 11 is 0. The third-order valence-electron chi connectivity index (χ3n) is 4.43. The summed E-state index contributed by atoms with van der Waals surface area (Å²) in [6, 6.07) is 17.2. The first-order valence-electron chi connectivity index (χ1n) is 8.91. The molecule has 2 N–H and O–H groups in total. The zero-order valence-corrected chi connectivity index (χ0v) is 15.6. The quantitative estimate of drug-likeness (QED) is 0.548. The van der Waals surface area contributed by atoms with Crippen LogP contribution in [0.5, 0.6) is 0 Å². The van der Waals surface area contributed by atoms with Gasteiger partial charge in [-0.15, -0.1) is 0 Å². The van der Waals surface area contributed by atoms with Gasteiger partial charge in [-0.3, -0.25) is 9.78 Å². The predicted molar refractivity (Wildman–Crippen MR) is 111 cm³/mol. The molecule has 0 unspecified atom stereocenters. The highest BCUT2D eigenvalue weighted by Crippen LogP contribution is 2.22. The minimum absolute atomic E-state index is 0.273. The Morgan fingerprint density at radius 1 is 0.893 bits per heavy atom. The van der Waals surface area contributed by atoms with Crippen molar-refractivity contribution in [1.82, 2.24) is 15.0 Å². The van der Waals surface area contributed by atoms with Crippen LogP contribution in [0.3, 0.4) is 0 Å². The van der Waals surface area contributed by atoms with Gasteiger partial charge in [0.05, 0.1) is 11.2 Å². The van der Waals surface area contributed by atoms with Gasteiger partial charge in [0, 0.05) is 23.3 Å². The lowest BCUT2D eigenvalue weighted by Gasteiger charge is -2.11. The molecule has 4 rings (SSSR count). The number of nitrogens with zero attached hydrogens (tertiary/aromatic N) is 3. The largest absolute Gasteiger partial charge is 0.340 e. The summed E-state index contributed by atoms with van der Waals surface area (Å²) in [6.07, 6.45) is 3.08. The van der Waals surface area contributed by atoms with Crippen LogP contribution >= 0.6 is 0 Å². The lowest BCUT2D eigenvalue weighted by Crippen LogP contribution is -2.14. The maximum absolute atomic E-state index is 12.7. The minimum atomic E-state index is -0.316. The Kier molecular flexibility index (Phi) is 4.68. The molecule has 0 fully saturated rings. The molecule has 0 bridgehead atoms. The Labute approximate surface area is 162 Å². The van der Waals surface area contributed by atoms with E-state index in [-0.39, 0.29) is 11.6 Å². The van der Waals surface area contributed by atoms with Gasteiger partial charge in [0.15, 0.2) is 0 Å². The van der Waals surface area contributed by atoms with Crippen LogP contribution in [0.2, 0.25) is 0 Å². The summed E-state index contributed by atoms with van der Waals surface area (Å²) < 4.78 is 0. The molecule has 28 heavy (non-hydrogen) atoms. The van der Waals surface area contributed by atoms with Gasteiger partial charge in [-0.05, 0) is 37.6 Å². The van der Waals surface area contributed by atoms with Gasteiger partial charge in [0.2, 0.25) is 0 Å². The number of para-hydroxylation sites is 1.